The van der Waals surface area contributed by atoms with Crippen molar-refractivity contribution < 1.29 is 8.81 Å². The van der Waals surface area contributed by atoms with Crippen molar-refractivity contribution in [3.63, 3.8) is 0 Å². The molecule has 0 aliphatic carbocycles. The maximum atomic E-state index is 11.8. The van der Waals surface area contributed by atoms with Gasteiger partial charge >= 0.3 is 0 Å². The van der Waals surface area contributed by atoms with Gasteiger partial charge in [-0.1, -0.05) is 0 Å². The van der Waals surface area contributed by atoms with E-state index in [0.717, 1.165) is 0 Å². The van der Waals surface area contributed by atoms with Gasteiger partial charge in [0.25, 0.3) is 6.01 Å². The van der Waals surface area contributed by atoms with Gasteiger partial charge in [0.1, 0.15) is 5.76 Å². The lowest BCUT2D eigenvalue weighted by atomic mass is 10.5. The third-order valence-electron chi connectivity index (χ3n) is 0.708. The van der Waals surface area contributed by atoms with Crippen LogP contribution in [-0.2, 0) is 0 Å². The first-order valence-corrected chi connectivity index (χ1v) is 2.01. The van der Waals surface area contributed by atoms with E-state index in [0.29, 0.717) is 5.76 Å². The van der Waals surface area contributed by atoms with E-state index >= 15 is 0 Å². The highest BCUT2D eigenvalue weighted by Crippen LogP contribution is 2.01. The van der Waals surface area contributed by atoms with Gasteiger partial charge in [-0.15, -0.1) is 0 Å². The molecular weight excluding hydrogens is 95.1 g/mol. The normalized spacial score (nSPS) is 9.43. The number of halogens is 1. The highest BCUT2D eigenvalue weighted by atomic mass is 19.1. The molecule has 2 heteroatoms. The lowest BCUT2D eigenvalue weighted by Gasteiger charge is -1.72. The van der Waals surface area contributed by atoms with Crippen LogP contribution in [0.1, 0.15) is 5.76 Å². The summed E-state index contributed by atoms with van der Waals surface area (Å²) in [5, 5.41) is 0. The predicted octanol–water partition coefficient (Wildman–Crippen LogP) is 1.73. The van der Waals surface area contributed by atoms with Crippen LogP contribution in [-0.4, -0.2) is 0 Å². The van der Waals surface area contributed by atoms with E-state index in [1.165, 1.54) is 6.07 Å². The topological polar surface area (TPSA) is 13.1 Å². The molecule has 0 aromatic carbocycles. The van der Waals surface area contributed by atoms with Crippen LogP contribution < -0.4 is 0 Å². The number of hydrogen-bond acceptors (Lipinski definition) is 1. The maximum absolute atomic E-state index is 11.8. The molecule has 0 aliphatic rings. The van der Waals surface area contributed by atoms with E-state index in [-0.39, 0.29) is 0 Å². The fourth-order valence-electron chi connectivity index (χ4n) is 0.405. The fourth-order valence-corrected chi connectivity index (χ4v) is 0.405. The number of rotatable bonds is 0. The first kappa shape index (κ1) is 4.37. The quantitative estimate of drug-likeness (QED) is 0.483. The minimum absolute atomic E-state index is 0.516. The van der Waals surface area contributed by atoms with E-state index in [1.54, 1.807) is 13.0 Å². The molecule has 1 rings (SSSR count). The lowest BCUT2D eigenvalue weighted by molar-refractivity contribution is 0.346. The Morgan fingerprint density at radius 1 is 1.57 bits per heavy atom. The average Bonchev–Trinajstić information content (AvgIpc) is 1.87. The number of aryl methyl sites for hydroxylation is 1. The zero-order valence-corrected chi connectivity index (χ0v) is 3.94. The number of furan rings is 1. The molecule has 1 aromatic rings. The minimum Gasteiger partial charge on any atom is -0.437 e. The zero-order valence-electron chi connectivity index (χ0n) is 3.94. The highest BCUT2D eigenvalue weighted by molar-refractivity contribution is 4.95. The summed E-state index contributed by atoms with van der Waals surface area (Å²) in [7, 11) is 0. The minimum atomic E-state index is -0.516. The van der Waals surface area contributed by atoms with E-state index < -0.39 is 6.01 Å². The van der Waals surface area contributed by atoms with Crippen molar-refractivity contribution >= 4 is 0 Å². The van der Waals surface area contributed by atoms with E-state index in [1.807, 2.05) is 0 Å². The smallest absolute Gasteiger partial charge is 0.277 e. The van der Waals surface area contributed by atoms with Gasteiger partial charge in [-0.05, 0) is 13.0 Å². The van der Waals surface area contributed by atoms with Crippen LogP contribution in [0, 0.1) is 12.9 Å². The highest BCUT2D eigenvalue weighted by Gasteiger charge is 1.90. The van der Waals surface area contributed by atoms with Crippen molar-refractivity contribution in [3.8, 4) is 0 Å². The summed E-state index contributed by atoms with van der Waals surface area (Å²) in [6, 6.07) is 2.35. The Bertz CT molecular complexity index is 140. The van der Waals surface area contributed by atoms with Gasteiger partial charge in [-0.25, -0.2) is 0 Å². The van der Waals surface area contributed by atoms with Crippen LogP contribution >= 0.6 is 0 Å². The van der Waals surface area contributed by atoms with E-state index in [2.05, 4.69) is 4.42 Å². The molecule has 0 N–H and O–H groups in total. The Morgan fingerprint density at radius 2 is 2.29 bits per heavy atom. The van der Waals surface area contributed by atoms with Crippen molar-refractivity contribution in [1.82, 2.24) is 0 Å². The summed E-state index contributed by atoms with van der Waals surface area (Å²) in [6.07, 6.45) is 0. The summed E-state index contributed by atoms with van der Waals surface area (Å²) < 4.78 is 16.2. The summed E-state index contributed by atoms with van der Waals surface area (Å²) in [4.78, 5) is 0. The second-order valence-electron chi connectivity index (χ2n) is 1.35. The van der Waals surface area contributed by atoms with Gasteiger partial charge in [-0.2, -0.15) is 4.39 Å². The molecule has 0 saturated carbocycles. The lowest BCUT2D eigenvalue weighted by Crippen LogP contribution is -1.54. The fraction of sp³-hybridized carbons (Fsp3) is 0.200. The summed E-state index contributed by atoms with van der Waals surface area (Å²) in [5.74, 6) is 0.609. The average molecular weight is 100 g/mol. The molecule has 0 saturated heterocycles. The van der Waals surface area contributed by atoms with Gasteiger partial charge in [0.15, 0.2) is 0 Å². The van der Waals surface area contributed by atoms with Gasteiger partial charge in [-0.3, -0.25) is 0 Å². The molecule has 0 bridgehead atoms. The summed E-state index contributed by atoms with van der Waals surface area (Å²) in [6.45, 7) is 1.70. The molecule has 1 nitrogen and oxygen atoms in total. The zero-order chi connectivity index (χ0) is 5.28. The molecule has 1 aromatic heterocycles. The first-order valence-electron chi connectivity index (χ1n) is 2.01. The predicted molar refractivity (Wildman–Crippen MR) is 23.4 cm³/mol. The van der Waals surface area contributed by atoms with Gasteiger partial charge in [0.2, 0.25) is 0 Å². The Morgan fingerprint density at radius 3 is 2.43 bits per heavy atom. The van der Waals surface area contributed by atoms with Crippen LogP contribution in [0.5, 0.6) is 0 Å². The molecule has 0 fully saturated rings. The summed E-state index contributed by atoms with van der Waals surface area (Å²) >= 11 is 0. The van der Waals surface area contributed by atoms with Crippen molar-refractivity contribution in [2.75, 3.05) is 0 Å². The molecular formula is C5H5FO. The van der Waals surface area contributed by atoms with Gasteiger partial charge in [0, 0.05) is 6.07 Å². The maximum Gasteiger partial charge on any atom is 0.277 e. The molecule has 7 heavy (non-hydrogen) atoms. The second-order valence-corrected chi connectivity index (χ2v) is 1.35. The largest absolute Gasteiger partial charge is 0.437 e. The molecule has 0 spiro atoms. The summed E-state index contributed by atoms with van der Waals surface area (Å²) in [5.41, 5.74) is 0. The molecule has 38 valence electrons. The number of hydrogen-bond donors (Lipinski definition) is 0. The van der Waals surface area contributed by atoms with Crippen molar-refractivity contribution in [2.24, 2.45) is 0 Å². The van der Waals surface area contributed by atoms with Crippen molar-refractivity contribution in [3.05, 3.63) is 23.9 Å². The molecule has 0 atom stereocenters. The Hall–Kier alpha value is -0.790. The van der Waals surface area contributed by atoms with Crippen LogP contribution in [0.3, 0.4) is 0 Å². The first-order chi connectivity index (χ1) is 3.29. The van der Waals surface area contributed by atoms with Crippen molar-refractivity contribution in [2.45, 2.75) is 6.92 Å². The van der Waals surface area contributed by atoms with Crippen LogP contribution in [0.15, 0.2) is 16.5 Å². The third kappa shape index (κ3) is 0.796. The van der Waals surface area contributed by atoms with Crippen molar-refractivity contribution in [1.29, 1.82) is 0 Å². The molecule has 0 amide bonds. The second kappa shape index (κ2) is 1.37. The molecule has 0 aliphatic heterocycles. The molecule has 1 heterocycles. The monoisotopic (exact) mass is 100 g/mol. The standard InChI is InChI=1S/C5H5FO/c1-4-2-3-5(6)7-4/h2-3H,1H3. The molecule has 0 radical (unpaired) electrons. The Labute approximate surface area is 40.8 Å². The van der Waals surface area contributed by atoms with Crippen LogP contribution in [0.2, 0.25) is 0 Å². The Kier molecular flexibility index (Phi) is 0.855. The van der Waals surface area contributed by atoms with Crippen LogP contribution in [0.25, 0.3) is 0 Å². The van der Waals surface area contributed by atoms with Crippen LogP contribution in [0.4, 0.5) is 4.39 Å². The van der Waals surface area contributed by atoms with Gasteiger partial charge in [0.05, 0.1) is 0 Å². The Balaban J connectivity index is 3.04. The third-order valence-corrected chi connectivity index (χ3v) is 0.708. The molecule has 0 unspecified atom stereocenters. The van der Waals surface area contributed by atoms with E-state index in [9.17, 15) is 4.39 Å². The van der Waals surface area contributed by atoms with Gasteiger partial charge < -0.3 is 4.42 Å². The SMILES string of the molecule is Cc1ccc(F)o1. The van der Waals surface area contributed by atoms with E-state index in [4.69, 9.17) is 0 Å².